The zero-order chi connectivity index (χ0) is 16.7. The maximum atomic E-state index is 12.2. The Morgan fingerprint density at radius 3 is 2.41 bits per heavy atom. The summed E-state index contributed by atoms with van der Waals surface area (Å²) in [5.41, 5.74) is 1.80. The fraction of sp³-hybridized carbons (Fsp3) is 0.438. The predicted octanol–water partition coefficient (Wildman–Crippen LogP) is 1.91. The molecule has 0 spiro atoms. The van der Waals surface area contributed by atoms with E-state index in [0.29, 0.717) is 5.69 Å². The Balaban J connectivity index is 2.12. The lowest BCUT2D eigenvalue weighted by Crippen LogP contribution is -2.42. The fourth-order valence-corrected chi connectivity index (χ4v) is 2.34. The molecule has 1 aliphatic rings. The fourth-order valence-electron chi connectivity index (χ4n) is 2.34. The van der Waals surface area contributed by atoms with E-state index in [1.54, 1.807) is 27.0 Å². The van der Waals surface area contributed by atoms with Gasteiger partial charge in [-0.1, -0.05) is 12.1 Å². The molecule has 6 heteroatoms. The number of aryl methyl sites for hydroxylation is 1. The lowest BCUT2D eigenvalue weighted by atomic mass is 10.1. The minimum Gasteiger partial charge on any atom is -0.324 e. The van der Waals surface area contributed by atoms with Crippen molar-refractivity contribution in [2.75, 3.05) is 18.9 Å². The zero-order valence-electron chi connectivity index (χ0n) is 13.6. The number of carbonyl (C=O) groups excluding carboxylic acids is 3. The number of imide groups is 1. The van der Waals surface area contributed by atoms with Gasteiger partial charge < -0.3 is 10.2 Å². The van der Waals surface area contributed by atoms with Gasteiger partial charge >= 0.3 is 6.03 Å². The summed E-state index contributed by atoms with van der Waals surface area (Å²) in [6.45, 7) is 6.91. The lowest BCUT2D eigenvalue weighted by molar-refractivity contribution is -0.134. The smallest absolute Gasteiger partial charge is 0.324 e. The molecule has 0 unspecified atom stereocenters. The van der Waals surface area contributed by atoms with Gasteiger partial charge in [-0.15, -0.1) is 0 Å². The second kappa shape index (κ2) is 5.44. The van der Waals surface area contributed by atoms with Crippen LogP contribution in [0.2, 0.25) is 0 Å². The summed E-state index contributed by atoms with van der Waals surface area (Å²) >= 11 is 0. The molecule has 2 rings (SSSR count). The number of rotatable bonds is 3. The molecule has 0 aromatic heterocycles. The Morgan fingerprint density at radius 1 is 1.23 bits per heavy atom. The number of urea groups is 1. The van der Waals surface area contributed by atoms with Crippen molar-refractivity contribution in [1.82, 2.24) is 9.80 Å². The van der Waals surface area contributed by atoms with Crippen molar-refractivity contribution in [3.8, 4) is 0 Å². The number of carbonyl (C=O) groups is 3. The molecule has 4 amide bonds. The minimum atomic E-state index is -0.920. The second-order valence-electron chi connectivity index (χ2n) is 6.09. The van der Waals surface area contributed by atoms with Gasteiger partial charge in [0.2, 0.25) is 5.91 Å². The van der Waals surface area contributed by atoms with Gasteiger partial charge in [-0.05, 0) is 44.9 Å². The van der Waals surface area contributed by atoms with Crippen LogP contribution < -0.4 is 5.32 Å². The van der Waals surface area contributed by atoms with E-state index in [2.05, 4.69) is 5.32 Å². The molecular weight excluding hydrogens is 282 g/mol. The molecule has 0 atom stereocenters. The van der Waals surface area contributed by atoms with E-state index in [9.17, 15) is 14.4 Å². The summed E-state index contributed by atoms with van der Waals surface area (Å²) in [7, 11) is 1.56. The first-order valence-electron chi connectivity index (χ1n) is 7.12. The third kappa shape index (κ3) is 2.56. The van der Waals surface area contributed by atoms with E-state index in [0.717, 1.165) is 16.0 Å². The summed E-state index contributed by atoms with van der Waals surface area (Å²) < 4.78 is 0. The van der Waals surface area contributed by atoms with Crippen molar-refractivity contribution in [1.29, 1.82) is 0 Å². The van der Waals surface area contributed by atoms with Crippen molar-refractivity contribution < 1.29 is 14.4 Å². The number of likely N-dealkylation sites (N-methyl/N-ethyl adjacent to an activating group) is 1. The maximum absolute atomic E-state index is 12.2. The molecule has 1 N–H and O–H groups in total. The number of nitrogens with zero attached hydrogens (tertiary/aromatic N) is 2. The highest BCUT2D eigenvalue weighted by atomic mass is 16.2. The van der Waals surface area contributed by atoms with Crippen LogP contribution in [-0.2, 0) is 9.59 Å². The molecule has 1 aliphatic heterocycles. The van der Waals surface area contributed by atoms with Crippen molar-refractivity contribution >= 4 is 23.5 Å². The summed E-state index contributed by atoms with van der Waals surface area (Å²) in [5.74, 6) is -0.752. The van der Waals surface area contributed by atoms with E-state index in [1.165, 1.54) is 4.90 Å². The van der Waals surface area contributed by atoms with E-state index in [1.807, 2.05) is 26.0 Å². The van der Waals surface area contributed by atoms with Crippen LogP contribution in [0.4, 0.5) is 10.5 Å². The zero-order valence-corrected chi connectivity index (χ0v) is 13.6. The second-order valence-corrected chi connectivity index (χ2v) is 6.09. The first-order valence-corrected chi connectivity index (χ1v) is 7.12. The number of amides is 4. The Hall–Kier alpha value is -2.37. The molecule has 0 radical (unpaired) electrons. The predicted molar refractivity (Wildman–Crippen MR) is 83.5 cm³/mol. The largest absolute Gasteiger partial charge is 0.327 e. The first-order chi connectivity index (χ1) is 10.2. The molecule has 0 saturated carbocycles. The SMILES string of the molecule is Cc1cccc(NC(=O)CN2C(=O)N(C)C(C)(C)C2=O)c1C. The first kappa shape index (κ1) is 16.0. The van der Waals surface area contributed by atoms with Crippen LogP contribution >= 0.6 is 0 Å². The molecule has 1 aromatic rings. The number of anilines is 1. The van der Waals surface area contributed by atoms with Gasteiger partial charge in [0.1, 0.15) is 12.1 Å². The minimum absolute atomic E-state index is 0.279. The average Bonchev–Trinajstić information content (AvgIpc) is 2.59. The molecule has 0 bridgehead atoms. The molecule has 0 aliphatic carbocycles. The number of benzene rings is 1. The van der Waals surface area contributed by atoms with E-state index < -0.39 is 11.6 Å². The van der Waals surface area contributed by atoms with E-state index in [4.69, 9.17) is 0 Å². The summed E-state index contributed by atoms with van der Waals surface area (Å²) in [5, 5.41) is 2.76. The van der Waals surface area contributed by atoms with Gasteiger partial charge in [0.15, 0.2) is 0 Å². The van der Waals surface area contributed by atoms with Crippen LogP contribution in [0.15, 0.2) is 18.2 Å². The summed E-state index contributed by atoms with van der Waals surface area (Å²) in [6, 6.07) is 5.15. The molecule has 22 heavy (non-hydrogen) atoms. The number of hydrogen-bond acceptors (Lipinski definition) is 3. The van der Waals surface area contributed by atoms with E-state index in [-0.39, 0.29) is 18.4 Å². The average molecular weight is 303 g/mol. The van der Waals surface area contributed by atoms with Crippen molar-refractivity contribution in [2.24, 2.45) is 0 Å². The monoisotopic (exact) mass is 303 g/mol. The van der Waals surface area contributed by atoms with Crippen LogP contribution in [0.3, 0.4) is 0 Å². The molecule has 1 fully saturated rings. The van der Waals surface area contributed by atoms with Gasteiger partial charge in [-0.25, -0.2) is 4.79 Å². The normalized spacial score (nSPS) is 17.1. The van der Waals surface area contributed by atoms with Gasteiger partial charge in [-0.2, -0.15) is 0 Å². The third-order valence-electron chi connectivity index (χ3n) is 4.31. The van der Waals surface area contributed by atoms with E-state index >= 15 is 0 Å². The van der Waals surface area contributed by atoms with Gasteiger partial charge in [-0.3, -0.25) is 14.5 Å². The molecular formula is C16H21N3O3. The molecule has 1 heterocycles. The highest BCUT2D eigenvalue weighted by Crippen LogP contribution is 2.25. The highest BCUT2D eigenvalue weighted by Gasteiger charge is 2.49. The van der Waals surface area contributed by atoms with Crippen molar-refractivity contribution in [3.05, 3.63) is 29.3 Å². The summed E-state index contributed by atoms with van der Waals surface area (Å²) in [6.07, 6.45) is 0. The van der Waals surface area contributed by atoms with Crippen LogP contribution in [0.5, 0.6) is 0 Å². The van der Waals surface area contributed by atoms with Crippen molar-refractivity contribution in [2.45, 2.75) is 33.2 Å². The van der Waals surface area contributed by atoms with Crippen LogP contribution in [-0.4, -0.2) is 46.8 Å². The van der Waals surface area contributed by atoms with Gasteiger partial charge in [0.25, 0.3) is 5.91 Å². The number of nitrogens with one attached hydrogen (secondary N) is 1. The van der Waals surface area contributed by atoms with Crippen molar-refractivity contribution in [3.63, 3.8) is 0 Å². The lowest BCUT2D eigenvalue weighted by Gasteiger charge is -2.22. The van der Waals surface area contributed by atoms with Gasteiger partial charge in [0.05, 0.1) is 0 Å². The quantitative estimate of drug-likeness (QED) is 0.867. The third-order valence-corrected chi connectivity index (χ3v) is 4.31. The van der Waals surface area contributed by atoms with Crippen LogP contribution in [0.1, 0.15) is 25.0 Å². The van der Waals surface area contributed by atoms with Crippen LogP contribution in [0, 0.1) is 13.8 Å². The van der Waals surface area contributed by atoms with Gasteiger partial charge in [0, 0.05) is 12.7 Å². The topological polar surface area (TPSA) is 69.7 Å². The maximum Gasteiger partial charge on any atom is 0.327 e. The standard InChI is InChI=1S/C16H21N3O3/c1-10-7-6-8-12(11(10)2)17-13(20)9-19-14(21)16(3,4)18(5)15(19)22/h6-8H,9H2,1-5H3,(H,17,20). The Bertz CT molecular complexity index is 652. The molecule has 118 valence electrons. The Labute approximate surface area is 130 Å². The van der Waals surface area contributed by atoms with Crippen LogP contribution in [0.25, 0.3) is 0 Å². The molecule has 1 aromatic carbocycles. The molecule has 1 saturated heterocycles. The Kier molecular flexibility index (Phi) is 3.96. The molecule has 6 nitrogen and oxygen atoms in total. The highest BCUT2D eigenvalue weighted by molar-refractivity contribution is 6.09. The Morgan fingerprint density at radius 2 is 1.86 bits per heavy atom. The number of hydrogen-bond donors (Lipinski definition) is 1. The summed E-state index contributed by atoms with van der Waals surface area (Å²) in [4.78, 5) is 38.8.